The lowest BCUT2D eigenvalue weighted by molar-refractivity contribution is 0.0942. The van der Waals surface area contributed by atoms with Gasteiger partial charge in [-0.3, -0.25) is 4.79 Å². The van der Waals surface area contributed by atoms with Gasteiger partial charge in [-0.1, -0.05) is 13.3 Å². The molecule has 1 fully saturated rings. The lowest BCUT2D eigenvalue weighted by atomic mass is 10.1. The summed E-state index contributed by atoms with van der Waals surface area (Å²) < 4.78 is 25.6. The molecule has 1 saturated heterocycles. The van der Waals surface area contributed by atoms with Crippen molar-refractivity contribution < 1.29 is 13.2 Å². The van der Waals surface area contributed by atoms with Crippen LogP contribution in [0.4, 0.5) is 0 Å². The van der Waals surface area contributed by atoms with Crippen molar-refractivity contribution >= 4 is 15.9 Å². The predicted octanol–water partition coefficient (Wildman–Crippen LogP) is 1.45. The summed E-state index contributed by atoms with van der Waals surface area (Å²) in [7, 11) is -2.11. The Labute approximate surface area is 144 Å². The lowest BCUT2D eigenvalue weighted by Crippen LogP contribution is -2.38. The van der Waals surface area contributed by atoms with E-state index in [1.54, 1.807) is 0 Å². The first-order valence-corrected chi connectivity index (χ1v) is 9.95. The van der Waals surface area contributed by atoms with E-state index in [9.17, 15) is 13.2 Å². The van der Waals surface area contributed by atoms with E-state index >= 15 is 0 Å². The first-order chi connectivity index (χ1) is 11.4. The van der Waals surface area contributed by atoms with Crippen molar-refractivity contribution in [3.8, 4) is 0 Å². The van der Waals surface area contributed by atoms with Gasteiger partial charge in [0.1, 0.15) is 0 Å². The van der Waals surface area contributed by atoms with Crippen molar-refractivity contribution in [2.45, 2.75) is 31.1 Å². The van der Waals surface area contributed by atoms with Gasteiger partial charge in [-0.25, -0.2) is 13.1 Å². The average Bonchev–Trinajstić information content (AvgIpc) is 2.60. The fourth-order valence-corrected chi connectivity index (χ4v) is 3.65. The minimum absolute atomic E-state index is 0.153. The number of likely N-dealkylation sites (tertiary alicyclic amines) is 1. The van der Waals surface area contributed by atoms with Crippen LogP contribution in [-0.4, -0.2) is 52.5 Å². The molecule has 7 heteroatoms. The number of nitrogens with zero attached hydrogens (tertiary/aromatic N) is 1. The van der Waals surface area contributed by atoms with Crippen LogP contribution in [-0.2, 0) is 10.0 Å². The Morgan fingerprint density at radius 2 is 1.79 bits per heavy atom. The molecule has 0 bridgehead atoms. The largest absolute Gasteiger partial charge is 0.352 e. The number of piperidine rings is 1. The standard InChI is InChI=1S/C17H27N3O3S/c1-14(13-20-10-4-3-5-11-20)12-19-17(21)15-6-8-16(9-7-15)24(22,23)18-2/h6-9,14,18H,3-5,10-13H2,1-2H3,(H,19,21). The summed E-state index contributed by atoms with van der Waals surface area (Å²) in [5.74, 6) is 0.213. The van der Waals surface area contributed by atoms with Crippen LogP contribution in [0.3, 0.4) is 0 Å². The zero-order chi connectivity index (χ0) is 17.6. The maximum atomic E-state index is 12.2. The van der Waals surface area contributed by atoms with Gasteiger partial charge in [-0.2, -0.15) is 0 Å². The summed E-state index contributed by atoms with van der Waals surface area (Å²) in [6.45, 7) is 6.06. The van der Waals surface area contributed by atoms with Gasteiger partial charge in [0.25, 0.3) is 5.91 Å². The molecule has 134 valence electrons. The Morgan fingerprint density at radius 3 is 2.38 bits per heavy atom. The van der Waals surface area contributed by atoms with Crippen LogP contribution in [0.2, 0.25) is 0 Å². The predicted molar refractivity (Wildman–Crippen MR) is 94.5 cm³/mol. The number of carbonyl (C=O) groups excluding carboxylic acids is 1. The van der Waals surface area contributed by atoms with Crippen molar-refractivity contribution in [3.05, 3.63) is 29.8 Å². The highest BCUT2D eigenvalue weighted by Gasteiger charge is 2.15. The van der Waals surface area contributed by atoms with Crippen molar-refractivity contribution in [1.29, 1.82) is 0 Å². The Balaban J connectivity index is 1.83. The number of rotatable bonds is 7. The minimum atomic E-state index is -3.47. The number of carbonyl (C=O) groups is 1. The lowest BCUT2D eigenvalue weighted by Gasteiger charge is -2.29. The molecule has 1 heterocycles. The average molecular weight is 353 g/mol. The van der Waals surface area contributed by atoms with Crippen LogP contribution in [0.15, 0.2) is 29.2 Å². The van der Waals surface area contributed by atoms with Crippen LogP contribution in [0.5, 0.6) is 0 Å². The molecule has 1 amide bonds. The minimum Gasteiger partial charge on any atom is -0.352 e. The second-order valence-corrected chi connectivity index (χ2v) is 8.29. The fraction of sp³-hybridized carbons (Fsp3) is 0.588. The molecule has 2 N–H and O–H groups in total. The third-order valence-corrected chi connectivity index (χ3v) is 5.76. The summed E-state index contributed by atoms with van der Waals surface area (Å²) in [6.07, 6.45) is 3.85. The number of hydrogen-bond acceptors (Lipinski definition) is 4. The molecule has 1 aliphatic rings. The topological polar surface area (TPSA) is 78.5 Å². The third-order valence-electron chi connectivity index (χ3n) is 4.33. The zero-order valence-corrected chi connectivity index (χ0v) is 15.2. The van der Waals surface area contributed by atoms with E-state index < -0.39 is 10.0 Å². The van der Waals surface area contributed by atoms with Gasteiger partial charge in [0.2, 0.25) is 10.0 Å². The van der Waals surface area contributed by atoms with Crippen LogP contribution in [0.25, 0.3) is 0 Å². The number of benzene rings is 1. The summed E-state index contributed by atoms with van der Waals surface area (Å²) >= 11 is 0. The SMILES string of the molecule is CNS(=O)(=O)c1ccc(C(=O)NCC(C)CN2CCCCC2)cc1. The van der Waals surface area contributed by atoms with Crippen LogP contribution < -0.4 is 10.0 Å². The molecule has 24 heavy (non-hydrogen) atoms. The van der Waals surface area contributed by atoms with Crippen molar-refractivity contribution in [3.63, 3.8) is 0 Å². The van der Waals surface area contributed by atoms with Gasteiger partial charge in [0.15, 0.2) is 0 Å². The van der Waals surface area contributed by atoms with E-state index in [2.05, 4.69) is 21.9 Å². The molecule has 0 radical (unpaired) electrons. The van der Waals surface area contributed by atoms with E-state index in [0.29, 0.717) is 18.0 Å². The smallest absolute Gasteiger partial charge is 0.251 e. The van der Waals surface area contributed by atoms with Gasteiger partial charge in [0.05, 0.1) is 4.90 Å². The monoisotopic (exact) mass is 353 g/mol. The zero-order valence-electron chi connectivity index (χ0n) is 14.4. The van der Waals surface area contributed by atoms with Gasteiger partial charge >= 0.3 is 0 Å². The molecule has 1 unspecified atom stereocenters. The maximum Gasteiger partial charge on any atom is 0.251 e. The molecular formula is C17H27N3O3S. The maximum absolute atomic E-state index is 12.2. The summed E-state index contributed by atoms with van der Waals surface area (Å²) in [5.41, 5.74) is 0.468. The number of nitrogens with one attached hydrogen (secondary N) is 2. The van der Waals surface area contributed by atoms with E-state index in [4.69, 9.17) is 0 Å². The highest BCUT2D eigenvalue weighted by atomic mass is 32.2. The second-order valence-electron chi connectivity index (χ2n) is 6.41. The second kappa shape index (κ2) is 8.60. The Bertz CT molecular complexity index is 638. The fourth-order valence-electron chi connectivity index (χ4n) is 2.92. The first kappa shape index (κ1) is 18.9. The quantitative estimate of drug-likeness (QED) is 0.778. The molecule has 2 rings (SSSR count). The molecule has 0 saturated carbocycles. The number of amides is 1. The normalized spacial score (nSPS) is 17.4. The molecule has 1 atom stereocenters. The van der Waals surface area contributed by atoms with Gasteiger partial charge < -0.3 is 10.2 Å². The summed E-state index contributed by atoms with van der Waals surface area (Å²) in [4.78, 5) is 14.8. The van der Waals surface area contributed by atoms with Crippen LogP contribution >= 0.6 is 0 Å². The van der Waals surface area contributed by atoms with Crippen LogP contribution in [0.1, 0.15) is 36.5 Å². The first-order valence-electron chi connectivity index (χ1n) is 8.46. The van der Waals surface area contributed by atoms with E-state index in [-0.39, 0.29) is 10.8 Å². The molecule has 0 aliphatic carbocycles. The van der Waals surface area contributed by atoms with E-state index in [1.165, 1.54) is 50.6 Å². The molecule has 1 aliphatic heterocycles. The highest BCUT2D eigenvalue weighted by Crippen LogP contribution is 2.12. The summed E-state index contributed by atoms with van der Waals surface area (Å²) in [6, 6.07) is 5.96. The van der Waals surface area contributed by atoms with Gasteiger partial charge in [0, 0.05) is 18.7 Å². The molecule has 1 aromatic rings. The van der Waals surface area contributed by atoms with E-state index in [0.717, 1.165) is 19.6 Å². The van der Waals surface area contributed by atoms with Crippen molar-refractivity contribution in [2.24, 2.45) is 5.92 Å². The molecule has 1 aromatic carbocycles. The number of sulfonamides is 1. The molecule has 0 aromatic heterocycles. The summed E-state index contributed by atoms with van der Waals surface area (Å²) in [5, 5.41) is 2.93. The molecule has 0 spiro atoms. The Morgan fingerprint density at radius 1 is 1.17 bits per heavy atom. The van der Waals surface area contributed by atoms with Crippen LogP contribution in [0, 0.1) is 5.92 Å². The van der Waals surface area contributed by atoms with Gasteiger partial charge in [-0.05, 0) is 63.2 Å². The van der Waals surface area contributed by atoms with Crippen molar-refractivity contribution in [1.82, 2.24) is 14.9 Å². The number of hydrogen-bond donors (Lipinski definition) is 2. The van der Waals surface area contributed by atoms with E-state index in [1.807, 2.05) is 0 Å². The highest BCUT2D eigenvalue weighted by molar-refractivity contribution is 7.89. The van der Waals surface area contributed by atoms with Gasteiger partial charge in [-0.15, -0.1) is 0 Å². The molecular weight excluding hydrogens is 326 g/mol. The Hall–Kier alpha value is -1.44. The third kappa shape index (κ3) is 5.29. The van der Waals surface area contributed by atoms with Crippen molar-refractivity contribution in [2.75, 3.05) is 33.2 Å². The Kier molecular flexibility index (Phi) is 6.77. The molecule has 6 nitrogen and oxygen atoms in total.